The highest BCUT2D eigenvalue weighted by molar-refractivity contribution is 7.10. The lowest BCUT2D eigenvalue weighted by Gasteiger charge is -2.25. The third-order valence-corrected chi connectivity index (χ3v) is 6.71. The van der Waals surface area contributed by atoms with Crippen LogP contribution in [-0.2, 0) is 11.3 Å². The van der Waals surface area contributed by atoms with Crippen molar-refractivity contribution >= 4 is 40.8 Å². The third-order valence-electron chi connectivity index (χ3n) is 5.40. The Morgan fingerprint density at radius 1 is 1.23 bits per heavy atom. The van der Waals surface area contributed by atoms with Gasteiger partial charge in [0.2, 0.25) is 0 Å². The number of aromatic nitrogens is 1. The fourth-order valence-corrected chi connectivity index (χ4v) is 4.78. The Balaban J connectivity index is 1.55. The molecule has 3 heterocycles. The molecular weight excluding hydrogens is 484 g/mol. The van der Waals surface area contributed by atoms with E-state index in [1.165, 1.54) is 6.20 Å². The summed E-state index contributed by atoms with van der Waals surface area (Å²) in [6.07, 6.45) is 1.10. The summed E-state index contributed by atoms with van der Waals surface area (Å²) in [5.74, 6) is 0.265. The van der Waals surface area contributed by atoms with Crippen LogP contribution >= 0.6 is 22.9 Å². The van der Waals surface area contributed by atoms with E-state index in [1.54, 1.807) is 29.4 Å². The molecule has 0 saturated carbocycles. The van der Waals surface area contributed by atoms with Crippen LogP contribution in [-0.4, -0.2) is 40.4 Å². The van der Waals surface area contributed by atoms with Gasteiger partial charge in [-0.25, -0.2) is 9.78 Å². The summed E-state index contributed by atoms with van der Waals surface area (Å²) < 4.78 is 5.49. The molecule has 0 saturated heterocycles. The highest BCUT2D eigenvalue weighted by Crippen LogP contribution is 2.34. The average Bonchev–Trinajstić information content (AvgIpc) is 3.38. The number of amides is 2. The number of ether oxygens (including phenoxy) is 1. The normalized spacial score (nSPS) is 15.0. The van der Waals surface area contributed by atoms with E-state index in [1.807, 2.05) is 52.0 Å². The summed E-state index contributed by atoms with van der Waals surface area (Å²) in [5, 5.41) is 5.21. The van der Waals surface area contributed by atoms with E-state index in [0.29, 0.717) is 28.7 Å². The molecule has 9 heteroatoms. The zero-order valence-electron chi connectivity index (χ0n) is 20.3. The number of thiophene rings is 1. The van der Waals surface area contributed by atoms with Crippen molar-refractivity contribution in [3.63, 3.8) is 0 Å². The van der Waals surface area contributed by atoms with Crippen molar-refractivity contribution in [1.82, 2.24) is 15.2 Å². The number of aliphatic imine (C=N–C) groups is 1. The molecule has 4 rings (SSSR count). The number of hydrogen-bond donors (Lipinski definition) is 1. The van der Waals surface area contributed by atoms with Gasteiger partial charge in [-0.1, -0.05) is 35.9 Å². The summed E-state index contributed by atoms with van der Waals surface area (Å²) >= 11 is 7.63. The minimum Gasteiger partial charge on any atom is -0.444 e. The summed E-state index contributed by atoms with van der Waals surface area (Å²) in [6, 6.07) is 11.6. The molecular formula is C26H27ClN4O3S. The number of pyridine rings is 1. The van der Waals surface area contributed by atoms with Crippen molar-refractivity contribution in [3.8, 4) is 11.1 Å². The maximum absolute atomic E-state index is 12.4. The van der Waals surface area contributed by atoms with Crippen molar-refractivity contribution in [1.29, 1.82) is 0 Å². The Kier molecular flexibility index (Phi) is 6.96. The maximum Gasteiger partial charge on any atom is 0.410 e. The summed E-state index contributed by atoms with van der Waals surface area (Å²) in [6.45, 7) is 7.96. The molecule has 0 fully saturated rings. The van der Waals surface area contributed by atoms with Crippen LogP contribution in [0.3, 0.4) is 0 Å². The van der Waals surface area contributed by atoms with Gasteiger partial charge in [0.15, 0.2) is 0 Å². The lowest BCUT2D eigenvalue weighted by atomic mass is 10.0. The Morgan fingerprint density at radius 3 is 2.71 bits per heavy atom. The van der Waals surface area contributed by atoms with Crippen LogP contribution in [0.25, 0.3) is 11.1 Å². The Hall–Kier alpha value is -3.23. The Labute approximate surface area is 213 Å². The topological polar surface area (TPSA) is 83.9 Å². The quantitative estimate of drug-likeness (QED) is 0.421. The van der Waals surface area contributed by atoms with E-state index in [-0.39, 0.29) is 18.0 Å². The number of amidine groups is 1. The van der Waals surface area contributed by atoms with Crippen molar-refractivity contribution in [2.45, 2.75) is 45.9 Å². The number of carbonyl (C=O) groups is 2. The molecule has 0 spiro atoms. The second kappa shape index (κ2) is 9.79. The standard InChI is InChI=1S/C26H27ClN4O3S/c1-15(29-23-19-11-22(27)28-12-20(19)24(32)30-23)21-10-17(14-35-21)18-9-7-6-8-16(18)13-31(5)25(33)34-26(2,3)4/h6-12,14-15H,13H2,1-5H3,(H,29,30,32)/t15-/m1/s1. The van der Waals surface area contributed by atoms with Gasteiger partial charge in [-0.3, -0.25) is 9.79 Å². The third kappa shape index (κ3) is 5.71. The van der Waals surface area contributed by atoms with Crippen LogP contribution in [0.5, 0.6) is 0 Å². The first-order valence-electron chi connectivity index (χ1n) is 11.2. The van der Waals surface area contributed by atoms with Gasteiger partial charge in [0, 0.05) is 30.2 Å². The molecule has 1 N–H and O–H groups in total. The fraction of sp³-hybridized carbons (Fsp3) is 0.308. The monoisotopic (exact) mass is 510 g/mol. The van der Waals surface area contributed by atoms with Gasteiger partial charge in [0.1, 0.15) is 16.6 Å². The lowest BCUT2D eigenvalue weighted by Crippen LogP contribution is -2.33. The predicted molar refractivity (Wildman–Crippen MR) is 139 cm³/mol. The van der Waals surface area contributed by atoms with Crippen molar-refractivity contribution in [3.05, 3.63) is 74.7 Å². The molecule has 3 aromatic rings. The van der Waals surface area contributed by atoms with Crippen LogP contribution in [0.1, 0.15) is 60.1 Å². The predicted octanol–water partition coefficient (Wildman–Crippen LogP) is 6.08. The number of nitrogens with zero attached hydrogens (tertiary/aromatic N) is 3. The summed E-state index contributed by atoms with van der Waals surface area (Å²) in [4.78, 5) is 36.0. The molecule has 1 aliphatic heterocycles. The molecule has 7 nitrogen and oxygen atoms in total. The van der Waals surface area contributed by atoms with Gasteiger partial charge >= 0.3 is 6.09 Å². The van der Waals surface area contributed by atoms with Crippen LogP contribution in [0, 0.1) is 0 Å². The highest BCUT2D eigenvalue weighted by atomic mass is 35.5. The van der Waals surface area contributed by atoms with E-state index in [0.717, 1.165) is 21.6 Å². The molecule has 0 unspecified atom stereocenters. The first kappa shape index (κ1) is 24.9. The Morgan fingerprint density at radius 2 is 1.97 bits per heavy atom. The molecule has 2 aromatic heterocycles. The van der Waals surface area contributed by atoms with Gasteiger partial charge in [-0.15, -0.1) is 11.3 Å². The zero-order chi connectivity index (χ0) is 25.3. The molecule has 182 valence electrons. The molecule has 0 bridgehead atoms. The first-order chi connectivity index (χ1) is 16.5. The van der Waals surface area contributed by atoms with Gasteiger partial charge < -0.3 is 15.0 Å². The minimum absolute atomic E-state index is 0.182. The highest BCUT2D eigenvalue weighted by Gasteiger charge is 2.27. The molecule has 0 aliphatic carbocycles. The van der Waals surface area contributed by atoms with Crippen LogP contribution in [0.4, 0.5) is 4.79 Å². The second-order valence-electron chi connectivity index (χ2n) is 9.39. The fourth-order valence-electron chi connectivity index (χ4n) is 3.72. The van der Waals surface area contributed by atoms with Gasteiger partial charge in [0.05, 0.1) is 11.6 Å². The molecule has 1 atom stereocenters. The Bertz CT molecular complexity index is 1310. The van der Waals surface area contributed by atoms with E-state index >= 15 is 0 Å². The molecule has 35 heavy (non-hydrogen) atoms. The molecule has 0 radical (unpaired) electrons. The SMILES string of the molecule is C[C@@H](N=C1NC(=O)c2cnc(Cl)cc21)c1cc(-c2ccccc2CN(C)C(=O)OC(C)(C)C)cs1. The minimum atomic E-state index is -0.550. The molecule has 2 amide bonds. The first-order valence-corrected chi connectivity index (χ1v) is 12.4. The average molecular weight is 511 g/mol. The molecule has 1 aromatic carbocycles. The maximum atomic E-state index is 12.4. The van der Waals surface area contributed by atoms with Crippen LogP contribution in [0.15, 0.2) is 53.0 Å². The lowest BCUT2D eigenvalue weighted by molar-refractivity contribution is 0.0285. The van der Waals surface area contributed by atoms with Gasteiger partial charge in [-0.05, 0) is 61.9 Å². The smallest absolute Gasteiger partial charge is 0.410 e. The largest absolute Gasteiger partial charge is 0.444 e. The number of nitrogens with one attached hydrogen (secondary N) is 1. The van der Waals surface area contributed by atoms with E-state index in [9.17, 15) is 9.59 Å². The number of benzene rings is 1. The number of carbonyl (C=O) groups excluding carboxylic acids is 2. The van der Waals surface area contributed by atoms with Gasteiger partial charge in [0.25, 0.3) is 5.91 Å². The second-order valence-corrected chi connectivity index (χ2v) is 10.7. The van der Waals surface area contributed by atoms with Crippen molar-refractivity contribution in [2.24, 2.45) is 4.99 Å². The van der Waals surface area contributed by atoms with E-state index < -0.39 is 5.60 Å². The van der Waals surface area contributed by atoms with Gasteiger partial charge in [-0.2, -0.15) is 0 Å². The van der Waals surface area contributed by atoms with E-state index in [4.69, 9.17) is 21.3 Å². The number of rotatable bonds is 5. The summed E-state index contributed by atoms with van der Waals surface area (Å²) in [7, 11) is 1.73. The van der Waals surface area contributed by atoms with E-state index in [2.05, 4.69) is 21.7 Å². The van der Waals surface area contributed by atoms with Crippen LogP contribution in [0.2, 0.25) is 5.15 Å². The van der Waals surface area contributed by atoms with Crippen molar-refractivity contribution < 1.29 is 14.3 Å². The number of fused-ring (bicyclic) bond motifs is 1. The zero-order valence-corrected chi connectivity index (χ0v) is 21.8. The van der Waals surface area contributed by atoms with Crippen molar-refractivity contribution in [2.75, 3.05) is 7.05 Å². The number of hydrogen-bond acceptors (Lipinski definition) is 6. The molecule has 1 aliphatic rings. The summed E-state index contributed by atoms with van der Waals surface area (Å²) in [5.41, 5.74) is 3.69. The number of halogens is 1. The van der Waals surface area contributed by atoms with Crippen LogP contribution < -0.4 is 5.32 Å².